The predicted molar refractivity (Wildman–Crippen MR) is 71.7 cm³/mol. The van der Waals surface area contributed by atoms with Crippen molar-refractivity contribution in [2.24, 2.45) is 0 Å². The van der Waals surface area contributed by atoms with Crippen LogP contribution < -0.4 is 10.6 Å². The lowest BCUT2D eigenvalue weighted by Gasteiger charge is -2.26. The third kappa shape index (κ3) is 4.64. The third-order valence-electron chi connectivity index (χ3n) is 3.39. The molecule has 8 heteroatoms. The first-order valence-electron chi connectivity index (χ1n) is 6.87. The van der Waals surface area contributed by atoms with Crippen LogP contribution in [0.5, 0.6) is 0 Å². The largest absolute Gasteiger partial charge is 0.416 e. The number of ether oxygens (including phenoxy) is 1. The summed E-state index contributed by atoms with van der Waals surface area (Å²) in [6, 6.07) is 2.27. The van der Waals surface area contributed by atoms with Gasteiger partial charge in [-0.15, -0.1) is 0 Å². The molecular formula is C14H18F4N2O2. The smallest absolute Gasteiger partial charge is 0.385 e. The molecule has 3 N–H and O–H groups in total. The van der Waals surface area contributed by atoms with E-state index in [2.05, 4.69) is 10.6 Å². The summed E-state index contributed by atoms with van der Waals surface area (Å²) in [7, 11) is 0. The molecule has 0 radical (unpaired) electrons. The van der Waals surface area contributed by atoms with Gasteiger partial charge in [0.05, 0.1) is 18.8 Å². The van der Waals surface area contributed by atoms with Crippen molar-refractivity contribution < 1.29 is 27.4 Å². The predicted octanol–water partition coefficient (Wildman–Crippen LogP) is 1.28. The highest BCUT2D eigenvalue weighted by molar-refractivity contribution is 5.27. The van der Waals surface area contributed by atoms with Crippen LogP contribution in [0.25, 0.3) is 0 Å². The Morgan fingerprint density at radius 3 is 2.86 bits per heavy atom. The van der Waals surface area contributed by atoms with E-state index in [0.29, 0.717) is 25.8 Å². The maximum Gasteiger partial charge on any atom is 0.416 e. The minimum absolute atomic E-state index is 0.0791. The van der Waals surface area contributed by atoms with Crippen LogP contribution in [0.15, 0.2) is 18.2 Å². The summed E-state index contributed by atoms with van der Waals surface area (Å²) >= 11 is 0. The summed E-state index contributed by atoms with van der Waals surface area (Å²) in [5.41, 5.74) is -2.17. The molecule has 124 valence electrons. The Balaban J connectivity index is 1.96. The molecule has 1 aromatic rings. The van der Waals surface area contributed by atoms with Crippen molar-refractivity contribution in [3.05, 3.63) is 35.1 Å². The Kier molecular flexibility index (Phi) is 5.38. The minimum Gasteiger partial charge on any atom is -0.385 e. The zero-order valence-electron chi connectivity index (χ0n) is 11.8. The van der Waals surface area contributed by atoms with Crippen LogP contribution in [0.3, 0.4) is 0 Å². The van der Waals surface area contributed by atoms with Gasteiger partial charge in [0.1, 0.15) is 11.4 Å². The molecule has 0 saturated carbocycles. The van der Waals surface area contributed by atoms with Crippen molar-refractivity contribution in [3.8, 4) is 0 Å². The number of hydrogen-bond acceptors (Lipinski definition) is 4. The normalized spacial score (nSPS) is 23.3. The highest BCUT2D eigenvalue weighted by Gasteiger charge is 2.31. The van der Waals surface area contributed by atoms with E-state index in [1.807, 2.05) is 0 Å². The van der Waals surface area contributed by atoms with E-state index in [1.165, 1.54) is 0 Å². The average Bonchev–Trinajstić information content (AvgIpc) is 2.65. The number of alkyl halides is 3. The van der Waals surface area contributed by atoms with Gasteiger partial charge in [0.2, 0.25) is 0 Å². The Morgan fingerprint density at radius 2 is 2.14 bits per heavy atom. The molecule has 1 aliphatic heterocycles. The monoisotopic (exact) mass is 322 g/mol. The lowest BCUT2D eigenvalue weighted by Crippen LogP contribution is -2.50. The van der Waals surface area contributed by atoms with Gasteiger partial charge in [-0.2, -0.15) is 13.2 Å². The van der Waals surface area contributed by atoms with Gasteiger partial charge in [-0.25, -0.2) is 4.39 Å². The molecule has 0 spiro atoms. The van der Waals surface area contributed by atoms with Crippen LogP contribution in [-0.2, 0) is 17.5 Å². The fraction of sp³-hybridized carbons (Fsp3) is 0.571. The zero-order valence-corrected chi connectivity index (χ0v) is 11.8. The molecule has 0 aromatic heterocycles. The lowest BCUT2D eigenvalue weighted by atomic mass is 10.1. The third-order valence-corrected chi connectivity index (χ3v) is 3.39. The topological polar surface area (TPSA) is 53.5 Å². The molecule has 1 fully saturated rings. The second kappa shape index (κ2) is 6.91. The molecule has 0 unspecified atom stereocenters. The van der Waals surface area contributed by atoms with Crippen LogP contribution in [0, 0.1) is 5.82 Å². The maximum atomic E-state index is 13.6. The number of benzene rings is 1. The first-order chi connectivity index (χ1) is 10.3. The maximum absolute atomic E-state index is 13.6. The molecule has 2 rings (SSSR count). The molecule has 1 aliphatic rings. The average molecular weight is 322 g/mol. The fourth-order valence-electron chi connectivity index (χ4n) is 2.21. The second-order valence-electron chi connectivity index (χ2n) is 5.36. The summed E-state index contributed by atoms with van der Waals surface area (Å²) in [6.45, 7) is 1.46. The van der Waals surface area contributed by atoms with Gasteiger partial charge < -0.3 is 20.5 Å². The Labute approximate surface area is 125 Å². The quantitative estimate of drug-likeness (QED) is 0.731. The molecule has 0 aliphatic carbocycles. The van der Waals surface area contributed by atoms with Crippen LogP contribution >= 0.6 is 0 Å². The molecule has 1 heterocycles. The first kappa shape index (κ1) is 17.1. The summed E-state index contributed by atoms with van der Waals surface area (Å²) in [5, 5.41) is 16.0. The highest BCUT2D eigenvalue weighted by atomic mass is 19.4. The van der Waals surface area contributed by atoms with Gasteiger partial charge in [-0.3, -0.25) is 0 Å². The highest BCUT2D eigenvalue weighted by Crippen LogP contribution is 2.30. The lowest BCUT2D eigenvalue weighted by molar-refractivity contribution is -0.137. The Bertz CT molecular complexity index is 500. The van der Waals surface area contributed by atoms with Gasteiger partial charge in [-0.05, 0) is 18.2 Å². The van der Waals surface area contributed by atoms with Gasteiger partial charge in [0.25, 0.3) is 0 Å². The van der Waals surface area contributed by atoms with Crippen LogP contribution in [0.1, 0.15) is 11.1 Å². The number of aliphatic hydroxyl groups is 1. The molecule has 22 heavy (non-hydrogen) atoms. The molecular weight excluding hydrogens is 304 g/mol. The summed E-state index contributed by atoms with van der Waals surface area (Å²) in [4.78, 5) is 0. The molecule has 1 atom stereocenters. The van der Waals surface area contributed by atoms with E-state index in [9.17, 15) is 22.7 Å². The number of hydrogen-bond donors (Lipinski definition) is 3. The van der Waals surface area contributed by atoms with Crippen molar-refractivity contribution in [3.63, 3.8) is 0 Å². The number of β-amino-alcohol motifs (C(OH)–C–C–N with tert-alkyl or cyclic N) is 1. The van der Waals surface area contributed by atoms with Crippen molar-refractivity contribution >= 4 is 0 Å². The number of nitrogens with one attached hydrogen (secondary N) is 2. The Morgan fingerprint density at radius 1 is 1.36 bits per heavy atom. The fourth-order valence-corrected chi connectivity index (χ4v) is 2.21. The molecule has 1 saturated heterocycles. The van der Waals surface area contributed by atoms with E-state index in [4.69, 9.17) is 4.74 Å². The molecule has 1 aromatic carbocycles. The summed E-state index contributed by atoms with van der Waals surface area (Å²) in [5.74, 6) is -0.720. The molecule has 4 nitrogen and oxygen atoms in total. The van der Waals surface area contributed by atoms with Crippen molar-refractivity contribution in [1.82, 2.24) is 10.6 Å². The van der Waals surface area contributed by atoms with Gasteiger partial charge >= 0.3 is 6.18 Å². The Hall–Kier alpha value is -1.22. The zero-order chi connectivity index (χ0) is 16.2. The number of rotatable bonds is 4. The van der Waals surface area contributed by atoms with E-state index in [1.54, 1.807) is 0 Å². The minimum atomic E-state index is -4.51. The van der Waals surface area contributed by atoms with Crippen molar-refractivity contribution in [2.45, 2.75) is 18.3 Å². The van der Waals surface area contributed by atoms with Crippen LogP contribution in [-0.4, -0.2) is 43.6 Å². The van der Waals surface area contributed by atoms with Crippen LogP contribution in [0.4, 0.5) is 17.6 Å². The van der Waals surface area contributed by atoms with Crippen LogP contribution in [0.2, 0.25) is 0 Å². The second-order valence-corrected chi connectivity index (χ2v) is 5.36. The standard InChI is InChI=1S/C14H18F4N2O2/c15-12-2-1-11(14(16,17)18)5-10(12)6-20-8-13(21)7-19-3-4-22-9-13/h1-2,5,19-21H,3-4,6-9H2/t13-/m0/s1. The van der Waals surface area contributed by atoms with Gasteiger partial charge in [-0.1, -0.05) is 0 Å². The van der Waals surface area contributed by atoms with E-state index >= 15 is 0 Å². The van der Waals surface area contributed by atoms with Gasteiger partial charge in [0.15, 0.2) is 0 Å². The van der Waals surface area contributed by atoms with E-state index in [0.717, 1.165) is 12.1 Å². The summed E-state index contributed by atoms with van der Waals surface area (Å²) in [6.07, 6.45) is -4.51. The molecule has 0 amide bonds. The SMILES string of the molecule is O[C@]1(CNCc2cc(C(F)(F)F)ccc2F)CNCCOC1. The summed E-state index contributed by atoms with van der Waals surface area (Å²) < 4.78 is 56.6. The van der Waals surface area contributed by atoms with Crippen molar-refractivity contribution in [2.75, 3.05) is 32.8 Å². The van der Waals surface area contributed by atoms with Gasteiger partial charge in [0, 0.05) is 31.7 Å². The van der Waals surface area contributed by atoms with Crippen molar-refractivity contribution in [1.29, 1.82) is 0 Å². The van der Waals surface area contributed by atoms with E-state index < -0.39 is 23.2 Å². The van der Waals surface area contributed by atoms with E-state index in [-0.39, 0.29) is 25.3 Å². The molecule has 0 bridgehead atoms. The first-order valence-corrected chi connectivity index (χ1v) is 6.87. The number of halogens is 4.